The fourth-order valence-electron chi connectivity index (χ4n) is 1.80. The van der Waals surface area contributed by atoms with E-state index in [1.165, 1.54) is 13.2 Å². The Hall–Kier alpha value is -2.04. The van der Waals surface area contributed by atoms with Crippen LogP contribution in [0.4, 0.5) is 10.1 Å². The summed E-state index contributed by atoms with van der Waals surface area (Å²) in [6.45, 7) is 2.57. The number of nitrogens with one attached hydrogen (secondary N) is 1. The summed E-state index contributed by atoms with van der Waals surface area (Å²) in [4.78, 5) is 0. The smallest absolute Gasteiger partial charge is 0.167 e. The third-order valence-corrected chi connectivity index (χ3v) is 2.75. The summed E-state index contributed by atoms with van der Waals surface area (Å²) in [5, 5.41) is 7.41. The molecule has 18 heavy (non-hydrogen) atoms. The predicted molar refractivity (Wildman–Crippen MR) is 68.2 cm³/mol. The second-order valence-corrected chi connectivity index (χ2v) is 4.12. The van der Waals surface area contributed by atoms with Crippen LogP contribution in [0.5, 0.6) is 5.75 Å². The monoisotopic (exact) mass is 249 g/mol. The van der Waals surface area contributed by atoms with Gasteiger partial charge in [-0.15, -0.1) is 0 Å². The first kappa shape index (κ1) is 12.4. The molecule has 1 aromatic carbocycles. The highest BCUT2D eigenvalue weighted by molar-refractivity contribution is 5.47. The summed E-state index contributed by atoms with van der Waals surface area (Å²) in [6.07, 6.45) is 1.95. The van der Waals surface area contributed by atoms with Gasteiger partial charge in [-0.25, -0.2) is 4.39 Å². The molecule has 0 amide bonds. The molecule has 1 heterocycles. The highest BCUT2D eigenvalue weighted by Gasteiger charge is 2.05. The topological polar surface area (TPSA) is 39.1 Å². The first-order valence-corrected chi connectivity index (χ1v) is 5.66. The summed E-state index contributed by atoms with van der Waals surface area (Å²) in [5.41, 5.74) is 2.78. The van der Waals surface area contributed by atoms with Gasteiger partial charge in [0.05, 0.1) is 12.8 Å². The van der Waals surface area contributed by atoms with E-state index in [-0.39, 0.29) is 11.6 Å². The highest BCUT2D eigenvalue weighted by atomic mass is 19.1. The Morgan fingerprint density at radius 2 is 2.22 bits per heavy atom. The van der Waals surface area contributed by atoms with E-state index < -0.39 is 0 Å². The van der Waals surface area contributed by atoms with E-state index in [2.05, 4.69) is 10.4 Å². The highest BCUT2D eigenvalue weighted by Crippen LogP contribution is 2.21. The number of benzene rings is 1. The maximum atomic E-state index is 13.5. The van der Waals surface area contributed by atoms with Gasteiger partial charge in [0.25, 0.3) is 0 Å². The Morgan fingerprint density at radius 3 is 2.78 bits per heavy atom. The molecule has 0 aliphatic rings. The van der Waals surface area contributed by atoms with Crippen molar-refractivity contribution >= 4 is 5.69 Å². The maximum absolute atomic E-state index is 13.5. The van der Waals surface area contributed by atoms with Crippen molar-refractivity contribution < 1.29 is 9.13 Å². The van der Waals surface area contributed by atoms with Crippen LogP contribution in [0.3, 0.4) is 0 Å². The second kappa shape index (κ2) is 5.08. The number of hydrogen-bond acceptors (Lipinski definition) is 3. The minimum absolute atomic E-state index is 0.248. The summed E-state index contributed by atoms with van der Waals surface area (Å²) in [7, 11) is 3.33. The SMILES string of the molecule is COc1ccc(NCc2cn(C)nc2C)cc1F. The van der Waals surface area contributed by atoms with Gasteiger partial charge < -0.3 is 10.1 Å². The van der Waals surface area contributed by atoms with Crippen molar-refractivity contribution in [1.29, 1.82) is 0 Å². The number of anilines is 1. The van der Waals surface area contributed by atoms with E-state index >= 15 is 0 Å². The second-order valence-electron chi connectivity index (χ2n) is 4.12. The first-order valence-electron chi connectivity index (χ1n) is 5.66. The number of hydrogen-bond donors (Lipinski definition) is 1. The molecule has 96 valence electrons. The Kier molecular flexibility index (Phi) is 3.50. The average Bonchev–Trinajstić information content (AvgIpc) is 2.65. The maximum Gasteiger partial charge on any atom is 0.167 e. The molecule has 0 radical (unpaired) electrons. The summed E-state index contributed by atoms with van der Waals surface area (Å²) >= 11 is 0. The predicted octanol–water partition coefficient (Wildman–Crippen LogP) is 2.49. The Labute approximate surface area is 105 Å². The van der Waals surface area contributed by atoms with Gasteiger partial charge in [-0.3, -0.25) is 4.68 Å². The van der Waals surface area contributed by atoms with E-state index in [0.717, 1.165) is 16.9 Å². The molecule has 2 rings (SSSR count). The third kappa shape index (κ3) is 2.61. The zero-order chi connectivity index (χ0) is 13.1. The molecule has 2 aromatic rings. The normalized spacial score (nSPS) is 10.4. The largest absolute Gasteiger partial charge is 0.494 e. The van der Waals surface area contributed by atoms with Crippen LogP contribution in [-0.4, -0.2) is 16.9 Å². The van der Waals surface area contributed by atoms with Gasteiger partial charge in [0.1, 0.15) is 0 Å². The minimum Gasteiger partial charge on any atom is -0.494 e. The van der Waals surface area contributed by atoms with Crippen LogP contribution in [0.2, 0.25) is 0 Å². The number of halogens is 1. The molecule has 0 aliphatic carbocycles. The molecule has 0 saturated carbocycles. The van der Waals surface area contributed by atoms with Crippen molar-refractivity contribution in [1.82, 2.24) is 9.78 Å². The Morgan fingerprint density at radius 1 is 1.44 bits per heavy atom. The molecule has 0 fully saturated rings. The number of methoxy groups -OCH3 is 1. The molecule has 5 heteroatoms. The summed E-state index contributed by atoms with van der Waals surface area (Å²) in [5.74, 6) is -0.122. The molecular weight excluding hydrogens is 233 g/mol. The molecule has 4 nitrogen and oxygen atoms in total. The summed E-state index contributed by atoms with van der Waals surface area (Å²) < 4.78 is 20.1. The lowest BCUT2D eigenvalue weighted by Gasteiger charge is -2.07. The number of aromatic nitrogens is 2. The zero-order valence-electron chi connectivity index (χ0n) is 10.7. The van der Waals surface area contributed by atoms with Crippen LogP contribution in [0.25, 0.3) is 0 Å². The molecule has 0 unspecified atom stereocenters. The fourth-order valence-corrected chi connectivity index (χ4v) is 1.80. The lowest BCUT2D eigenvalue weighted by Crippen LogP contribution is -2.00. The summed E-state index contributed by atoms with van der Waals surface area (Å²) in [6, 6.07) is 4.81. The molecule has 0 spiro atoms. The van der Waals surface area contributed by atoms with Gasteiger partial charge in [-0.05, 0) is 19.1 Å². The van der Waals surface area contributed by atoms with E-state index in [4.69, 9.17) is 4.74 Å². The standard InChI is InChI=1S/C13H16FN3O/c1-9-10(8-17(2)16-9)7-15-11-4-5-13(18-3)12(14)6-11/h4-6,8,15H,7H2,1-3H3. The van der Waals surface area contributed by atoms with Crippen LogP contribution < -0.4 is 10.1 Å². The number of nitrogens with zero attached hydrogens (tertiary/aromatic N) is 2. The Bertz CT molecular complexity index is 551. The van der Waals surface area contributed by atoms with Gasteiger partial charge in [0, 0.05) is 37.1 Å². The minimum atomic E-state index is -0.370. The van der Waals surface area contributed by atoms with Crippen LogP contribution in [0.1, 0.15) is 11.3 Å². The van der Waals surface area contributed by atoms with E-state index in [1.807, 2.05) is 20.2 Å². The quantitative estimate of drug-likeness (QED) is 0.904. The molecule has 1 N–H and O–H groups in total. The molecular formula is C13H16FN3O. The fraction of sp³-hybridized carbons (Fsp3) is 0.308. The first-order chi connectivity index (χ1) is 8.60. The lowest BCUT2D eigenvalue weighted by atomic mass is 10.2. The molecule has 0 aliphatic heterocycles. The molecule has 0 atom stereocenters. The van der Waals surface area contributed by atoms with Gasteiger partial charge in [-0.1, -0.05) is 0 Å². The van der Waals surface area contributed by atoms with Crippen molar-refractivity contribution in [3.8, 4) is 5.75 Å². The molecule has 0 bridgehead atoms. The zero-order valence-corrected chi connectivity index (χ0v) is 10.7. The van der Waals surface area contributed by atoms with Crippen LogP contribution >= 0.6 is 0 Å². The number of aryl methyl sites for hydroxylation is 2. The van der Waals surface area contributed by atoms with Crippen molar-refractivity contribution in [2.45, 2.75) is 13.5 Å². The lowest BCUT2D eigenvalue weighted by molar-refractivity contribution is 0.386. The van der Waals surface area contributed by atoms with Gasteiger partial charge >= 0.3 is 0 Å². The van der Waals surface area contributed by atoms with Crippen molar-refractivity contribution in [3.05, 3.63) is 41.5 Å². The number of rotatable bonds is 4. The van der Waals surface area contributed by atoms with E-state index in [9.17, 15) is 4.39 Å². The average molecular weight is 249 g/mol. The van der Waals surface area contributed by atoms with Crippen molar-refractivity contribution in [2.75, 3.05) is 12.4 Å². The van der Waals surface area contributed by atoms with Gasteiger partial charge in [0.2, 0.25) is 0 Å². The van der Waals surface area contributed by atoms with E-state index in [1.54, 1.807) is 16.8 Å². The van der Waals surface area contributed by atoms with Crippen LogP contribution in [0.15, 0.2) is 24.4 Å². The molecule has 0 saturated heterocycles. The van der Waals surface area contributed by atoms with Gasteiger partial charge in [0.15, 0.2) is 11.6 Å². The van der Waals surface area contributed by atoms with Gasteiger partial charge in [-0.2, -0.15) is 5.10 Å². The number of ether oxygens (including phenoxy) is 1. The Balaban J connectivity index is 2.06. The van der Waals surface area contributed by atoms with Crippen molar-refractivity contribution in [2.24, 2.45) is 7.05 Å². The van der Waals surface area contributed by atoms with Crippen LogP contribution in [0, 0.1) is 12.7 Å². The van der Waals surface area contributed by atoms with Crippen molar-refractivity contribution in [3.63, 3.8) is 0 Å². The third-order valence-electron chi connectivity index (χ3n) is 2.75. The van der Waals surface area contributed by atoms with Crippen LogP contribution in [-0.2, 0) is 13.6 Å². The molecule has 1 aromatic heterocycles. The van der Waals surface area contributed by atoms with E-state index in [0.29, 0.717) is 6.54 Å².